The van der Waals surface area contributed by atoms with Crippen molar-refractivity contribution in [2.45, 2.75) is 19.5 Å². The number of thiol groups is 1. The first-order valence-corrected chi connectivity index (χ1v) is 11.8. The van der Waals surface area contributed by atoms with E-state index in [-0.39, 0.29) is 11.8 Å². The molecule has 1 aliphatic rings. The van der Waals surface area contributed by atoms with E-state index in [0.29, 0.717) is 30.8 Å². The van der Waals surface area contributed by atoms with Crippen molar-refractivity contribution in [3.63, 3.8) is 0 Å². The number of nitrogens with zero attached hydrogens (tertiary/aromatic N) is 5. The third-order valence-corrected chi connectivity index (χ3v) is 6.41. The molecule has 7 nitrogen and oxygen atoms in total. The van der Waals surface area contributed by atoms with Gasteiger partial charge in [0.05, 0.1) is 24.1 Å². The van der Waals surface area contributed by atoms with E-state index in [9.17, 15) is 5.11 Å². The molecule has 3 heterocycles. The smallest absolute Gasteiger partial charge is 0.229 e. The van der Waals surface area contributed by atoms with E-state index in [2.05, 4.69) is 48.5 Å². The van der Waals surface area contributed by atoms with Crippen molar-refractivity contribution in [2.75, 3.05) is 44.0 Å². The van der Waals surface area contributed by atoms with Crippen LogP contribution in [0.5, 0.6) is 5.75 Å². The largest absolute Gasteiger partial charge is 0.508 e. The summed E-state index contributed by atoms with van der Waals surface area (Å²) in [6.45, 7) is 5.92. The normalized spacial score (nSPS) is 16.8. The minimum atomic E-state index is 0.176. The molecule has 2 aromatic heterocycles. The van der Waals surface area contributed by atoms with Crippen LogP contribution in [0, 0.1) is 0 Å². The lowest BCUT2D eigenvalue weighted by Gasteiger charge is -2.33. The first-order chi connectivity index (χ1) is 15.0. The molecule has 1 fully saturated rings. The molecule has 1 saturated heterocycles. The molecule has 31 heavy (non-hydrogen) atoms. The number of hydrogen-bond acceptors (Lipinski definition) is 9. The number of rotatable bonds is 7. The van der Waals surface area contributed by atoms with E-state index in [1.165, 1.54) is 4.88 Å². The first-order valence-electron chi connectivity index (χ1n) is 10.3. The molecule has 1 aromatic carbocycles. The SMILES string of the molecule is CC1COCCN1c1nc(-c2cccc(O)c2)nc(-c2ccc(CN(C)CCS)s2)n1. The molecule has 0 saturated carbocycles. The first kappa shape index (κ1) is 22.0. The number of phenolic OH excluding ortho intramolecular Hbond substituents is 1. The van der Waals surface area contributed by atoms with E-state index >= 15 is 0 Å². The molecule has 1 unspecified atom stereocenters. The van der Waals surface area contributed by atoms with Crippen LogP contribution in [0.2, 0.25) is 0 Å². The number of anilines is 1. The second-order valence-electron chi connectivity index (χ2n) is 7.68. The zero-order valence-corrected chi connectivity index (χ0v) is 19.4. The quantitative estimate of drug-likeness (QED) is 0.526. The van der Waals surface area contributed by atoms with Crippen LogP contribution in [0.4, 0.5) is 5.95 Å². The maximum Gasteiger partial charge on any atom is 0.229 e. The Bertz CT molecular complexity index is 1030. The molecule has 9 heteroatoms. The van der Waals surface area contributed by atoms with Crippen molar-refractivity contribution < 1.29 is 9.84 Å². The fourth-order valence-corrected chi connectivity index (χ4v) is 4.86. The van der Waals surface area contributed by atoms with Gasteiger partial charge in [0.25, 0.3) is 0 Å². The summed E-state index contributed by atoms with van der Waals surface area (Å²) in [5.74, 6) is 2.86. The lowest BCUT2D eigenvalue weighted by Crippen LogP contribution is -2.44. The Morgan fingerprint density at radius 1 is 1.23 bits per heavy atom. The van der Waals surface area contributed by atoms with Crippen LogP contribution in [0.3, 0.4) is 0 Å². The Morgan fingerprint density at radius 2 is 2.06 bits per heavy atom. The van der Waals surface area contributed by atoms with Crippen LogP contribution in [-0.4, -0.2) is 70.1 Å². The molecule has 3 aromatic rings. The number of aromatic hydroxyl groups is 1. The lowest BCUT2D eigenvalue weighted by molar-refractivity contribution is 0.0981. The highest BCUT2D eigenvalue weighted by Crippen LogP contribution is 2.30. The number of benzene rings is 1. The van der Waals surface area contributed by atoms with Gasteiger partial charge in [0.2, 0.25) is 5.95 Å². The van der Waals surface area contributed by atoms with Crippen molar-refractivity contribution in [3.8, 4) is 27.8 Å². The van der Waals surface area contributed by atoms with Gasteiger partial charge in [-0.1, -0.05) is 12.1 Å². The van der Waals surface area contributed by atoms with E-state index in [1.807, 2.05) is 6.07 Å². The van der Waals surface area contributed by atoms with Crippen molar-refractivity contribution in [1.29, 1.82) is 0 Å². The summed E-state index contributed by atoms with van der Waals surface area (Å²) in [5.41, 5.74) is 0.760. The third-order valence-electron chi connectivity index (χ3n) is 5.14. The van der Waals surface area contributed by atoms with E-state index in [0.717, 1.165) is 35.8 Å². The van der Waals surface area contributed by atoms with Gasteiger partial charge in [0.15, 0.2) is 11.6 Å². The highest BCUT2D eigenvalue weighted by atomic mass is 32.1. The molecule has 0 bridgehead atoms. The number of aromatic nitrogens is 3. The molecule has 1 aliphatic heterocycles. The summed E-state index contributed by atoms with van der Waals surface area (Å²) in [6.07, 6.45) is 0. The van der Waals surface area contributed by atoms with E-state index in [1.54, 1.807) is 29.5 Å². The molecule has 1 N–H and O–H groups in total. The van der Waals surface area contributed by atoms with Gasteiger partial charge in [-0.25, -0.2) is 4.98 Å². The van der Waals surface area contributed by atoms with Crippen molar-refractivity contribution >= 4 is 29.9 Å². The van der Waals surface area contributed by atoms with Crippen LogP contribution >= 0.6 is 24.0 Å². The molecule has 0 aliphatic carbocycles. The predicted octanol–water partition coefficient (Wildman–Crippen LogP) is 3.56. The highest BCUT2D eigenvalue weighted by Gasteiger charge is 2.24. The van der Waals surface area contributed by atoms with Gasteiger partial charge < -0.3 is 19.6 Å². The third kappa shape index (κ3) is 5.35. The van der Waals surface area contributed by atoms with Gasteiger partial charge in [0.1, 0.15) is 5.75 Å². The number of morpholine rings is 1. The van der Waals surface area contributed by atoms with Crippen molar-refractivity contribution in [3.05, 3.63) is 41.3 Å². The van der Waals surface area contributed by atoms with Crippen LogP contribution < -0.4 is 4.90 Å². The molecule has 164 valence electrons. The number of ether oxygens (including phenoxy) is 1. The Balaban J connectivity index is 1.72. The molecule has 0 amide bonds. The molecular weight excluding hydrogens is 430 g/mol. The molecule has 0 spiro atoms. The molecule has 1 atom stereocenters. The maximum atomic E-state index is 9.95. The predicted molar refractivity (Wildman–Crippen MR) is 128 cm³/mol. The summed E-state index contributed by atoms with van der Waals surface area (Å²) >= 11 is 6.01. The fraction of sp³-hybridized carbons (Fsp3) is 0.409. The van der Waals surface area contributed by atoms with Crippen molar-refractivity contribution in [2.24, 2.45) is 0 Å². The number of hydrogen-bond donors (Lipinski definition) is 2. The highest BCUT2D eigenvalue weighted by molar-refractivity contribution is 7.80. The number of phenols is 1. The van der Waals surface area contributed by atoms with Gasteiger partial charge in [-0.05, 0) is 38.2 Å². The maximum absolute atomic E-state index is 9.95. The van der Waals surface area contributed by atoms with Crippen LogP contribution in [0.1, 0.15) is 11.8 Å². The van der Waals surface area contributed by atoms with Gasteiger partial charge in [-0.15, -0.1) is 11.3 Å². The van der Waals surface area contributed by atoms with Gasteiger partial charge in [-0.3, -0.25) is 0 Å². The summed E-state index contributed by atoms with van der Waals surface area (Å²) in [7, 11) is 2.09. The molecule has 4 rings (SSSR count). The van der Waals surface area contributed by atoms with E-state index < -0.39 is 0 Å². The lowest BCUT2D eigenvalue weighted by atomic mass is 10.2. The summed E-state index contributed by atoms with van der Waals surface area (Å²) in [4.78, 5) is 21.0. The molecular formula is C22H27N5O2S2. The van der Waals surface area contributed by atoms with Crippen LogP contribution in [-0.2, 0) is 11.3 Å². The van der Waals surface area contributed by atoms with Gasteiger partial charge >= 0.3 is 0 Å². The fourth-order valence-electron chi connectivity index (χ4n) is 3.50. The van der Waals surface area contributed by atoms with Crippen molar-refractivity contribution in [1.82, 2.24) is 19.9 Å². The Morgan fingerprint density at radius 3 is 2.84 bits per heavy atom. The Hall–Kier alpha value is -2.20. The summed E-state index contributed by atoms with van der Waals surface area (Å²) < 4.78 is 5.59. The average Bonchev–Trinajstić information content (AvgIpc) is 3.22. The van der Waals surface area contributed by atoms with Gasteiger partial charge in [-0.2, -0.15) is 22.6 Å². The monoisotopic (exact) mass is 457 g/mol. The van der Waals surface area contributed by atoms with E-state index in [4.69, 9.17) is 19.7 Å². The summed E-state index contributed by atoms with van der Waals surface area (Å²) in [6, 6.07) is 11.4. The second-order valence-corrected chi connectivity index (χ2v) is 9.29. The summed E-state index contributed by atoms with van der Waals surface area (Å²) in [5, 5.41) is 9.95. The van der Waals surface area contributed by atoms with Crippen LogP contribution in [0.25, 0.3) is 22.1 Å². The van der Waals surface area contributed by atoms with Gasteiger partial charge in [0, 0.05) is 35.8 Å². The standard InChI is InChI=1S/C22H27N5O2S2/c1-15-14-29-10-8-27(15)22-24-20(16-4-3-5-17(28)12-16)23-21(25-22)19-7-6-18(31-19)13-26(2)9-11-30/h3-7,12,15,28,30H,8-11,13-14H2,1-2H3. The minimum Gasteiger partial charge on any atom is -0.508 e. The zero-order valence-electron chi connectivity index (χ0n) is 17.7. The average molecular weight is 458 g/mol. The Kier molecular flexibility index (Phi) is 7.06. The topological polar surface area (TPSA) is 74.6 Å². The number of thiophene rings is 1. The Labute approximate surface area is 192 Å². The molecule has 0 radical (unpaired) electrons. The minimum absolute atomic E-state index is 0.176. The van der Waals surface area contributed by atoms with Crippen LogP contribution in [0.15, 0.2) is 36.4 Å². The zero-order chi connectivity index (χ0) is 21.8. The second kappa shape index (κ2) is 9.95.